The van der Waals surface area contributed by atoms with Gasteiger partial charge >= 0.3 is 0 Å². The Morgan fingerprint density at radius 3 is 2.80 bits per heavy atom. The molecule has 1 atom stereocenters. The highest BCUT2D eigenvalue weighted by Gasteiger charge is 2.23. The van der Waals surface area contributed by atoms with Gasteiger partial charge < -0.3 is 15.2 Å². The Labute approximate surface area is 119 Å². The molecule has 1 unspecified atom stereocenters. The maximum absolute atomic E-state index is 5.91. The number of anilines is 1. The second-order valence-electron chi connectivity index (χ2n) is 5.07. The van der Waals surface area contributed by atoms with Gasteiger partial charge in [-0.15, -0.1) is 0 Å². The number of benzene rings is 2. The number of fused-ring (bicyclic) bond motifs is 1. The average molecular weight is 269 g/mol. The molecule has 2 aromatic carbocycles. The van der Waals surface area contributed by atoms with Gasteiger partial charge in [-0.3, -0.25) is 0 Å². The fraction of sp³-hybridized carbons (Fsp3) is 0.294. The van der Waals surface area contributed by atoms with E-state index in [1.165, 1.54) is 5.56 Å². The van der Waals surface area contributed by atoms with Crippen LogP contribution in [-0.4, -0.2) is 19.8 Å². The molecule has 0 aliphatic carbocycles. The highest BCUT2D eigenvalue weighted by Crippen LogP contribution is 2.33. The molecule has 104 valence electrons. The van der Waals surface area contributed by atoms with Crippen LogP contribution in [0.15, 0.2) is 48.5 Å². The van der Waals surface area contributed by atoms with Crippen molar-refractivity contribution in [1.29, 1.82) is 0 Å². The van der Waals surface area contributed by atoms with Crippen molar-refractivity contribution in [2.75, 3.05) is 25.6 Å². The van der Waals surface area contributed by atoms with Crippen LogP contribution in [0.5, 0.6) is 5.75 Å². The quantitative estimate of drug-likeness (QED) is 0.670. The first-order chi connectivity index (χ1) is 9.84. The van der Waals surface area contributed by atoms with Crippen LogP contribution < -0.4 is 10.5 Å². The number of nitrogen functional groups attached to an aromatic ring is 1. The van der Waals surface area contributed by atoms with E-state index >= 15 is 0 Å². The third-order valence-corrected chi connectivity index (χ3v) is 3.69. The number of rotatable bonds is 5. The normalized spacial score (nSPS) is 16.7. The van der Waals surface area contributed by atoms with Crippen molar-refractivity contribution in [2.45, 2.75) is 12.3 Å². The lowest BCUT2D eigenvalue weighted by Gasteiger charge is -2.10. The molecule has 0 aromatic heterocycles. The summed E-state index contributed by atoms with van der Waals surface area (Å²) in [5, 5.41) is 0. The summed E-state index contributed by atoms with van der Waals surface area (Å²) in [7, 11) is 0. The Morgan fingerprint density at radius 2 is 1.90 bits per heavy atom. The molecule has 3 rings (SSSR count). The van der Waals surface area contributed by atoms with Gasteiger partial charge in [0.1, 0.15) is 5.75 Å². The fourth-order valence-electron chi connectivity index (χ4n) is 2.54. The van der Waals surface area contributed by atoms with E-state index in [1.54, 1.807) is 0 Å². The van der Waals surface area contributed by atoms with Crippen LogP contribution in [0.1, 0.15) is 17.0 Å². The SMILES string of the molecule is Nc1ccccc1CCOCC1COc2ccccc21. The number of nitrogens with two attached hydrogens (primary N) is 1. The summed E-state index contributed by atoms with van der Waals surface area (Å²) in [6.45, 7) is 2.10. The monoisotopic (exact) mass is 269 g/mol. The lowest BCUT2D eigenvalue weighted by atomic mass is 10.0. The van der Waals surface area contributed by atoms with Crippen molar-refractivity contribution in [3.05, 3.63) is 59.7 Å². The first-order valence-electron chi connectivity index (χ1n) is 6.97. The van der Waals surface area contributed by atoms with E-state index in [1.807, 2.05) is 42.5 Å². The van der Waals surface area contributed by atoms with E-state index in [-0.39, 0.29) is 0 Å². The van der Waals surface area contributed by atoms with Crippen molar-refractivity contribution in [3.63, 3.8) is 0 Å². The summed E-state index contributed by atoms with van der Waals surface area (Å²) in [6.07, 6.45) is 0.849. The Kier molecular flexibility index (Phi) is 3.88. The molecule has 3 heteroatoms. The highest BCUT2D eigenvalue weighted by atomic mass is 16.5. The summed E-state index contributed by atoms with van der Waals surface area (Å²) in [4.78, 5) is 0. The van der Waals surface area contributed by atoms with Gasteiger partial charge in [0.25, 0.3) is 0 Å². The molecule has 0 radical (unpaired) electrons. The van der Waals surface area contributed by atoms with Crippen LogP contribution in [0.25, 0.3) is 0 Å². The predicted molar refractivity (Wildman–Crippen MR) is 80.1 cm³/mol. The molecule has 20 heavy (non-hydrogen) atoms. The van der Waals surface area contributed by atoms with E-state index in [4.69, 9.17) is 15.2 Å². The average Bonchev–Trinajstić information content (AvgIpc) is 2.89. The molecule has 2 N–H and O–H groups in total. The molecular weight excluding hydrogens is 250 g/mol. The van der Waals surface area contributed by atoms with Crippen molar-refractivity contribution in [3.8, 4) is 5.75 Å². The second kappa shape index (κ2) is 5.97. The number of ether oxygens (including phenoxy) is 2. The first-order valence-corrected chi connectivity index (χ1v) is 6.97. The molecule has 0 saturated carbocycles. The number of para-hydroxylation sites is 2. The minimum atomic E-state index is 0.347. The van der Waals surface area contributed by atoms with Crippen LogP contribution in [0.3, 0.4) is 0 Å². The van der Waals surface area contributed by atoms with E-state index < -0.39 is 0 Å². The first kappa shape index (κ1) is 13.0. The highest BCUT2D eigenvalue weighted by molar-refractivity contribution is 5.46. The number of hydrogen-bond acceptors (Lipinski definition) is 3. The third-order valence-electron chi connectivity index (χ3n) is 3.69. The summed E-state index contributed by atoms with van der Waals surface area (Å²) in [5.74, 6) is 1.34. The smallest absolute Gasteiger partial charge is 0.123 e. The Hall–Kier alpha value is -2.00. The van der Waals surface area contributed by atoms with Crippen LogP contribution >= 0.6 is 0 Å². The van der Waals surface area contributed by atoms with Gasteiger partial charge in [0.2, 0.25) is 0 Å². The van der Waals surface area contributed by atoms with Gasteiger partial charge in [-0.1, -0.05) is 36.4 Å². The maximum Gasteiger partial charge on any atom is 0.123 e. The zero-order valence-electron chi connectivity index (χ0n) is 11.4. The van der Waals surface area contributed by atoms with Crippen molar-refractivity contribution in [1.82, 2.24) is 0 Å². The van der Waals surface area contributed by atoms with Crippen molar-refractivity contribution in [2.24, 2.45) is 0 Å². The number of hydrogen-bond donors (Lipinski definition) is 1. The third kappa shape index (κ3) is 2.78. The summed E-state index contributed by atoms with van der Waals surface area (Å²) in [6, 6.07) is 16.1. The van der Waals surface area contributed by atoms with Crippen molar-refractivity contribution < 1.29 is 9.47 Å². The van der Waals surface area contributed by atoms with E-state index in [0.717, 1.165) is 23.4 Å². The molecule has 0 saturated heterocycles. The zero-order valence-corrected chi connectivity index (χ0v) is 11.4. The van der Waals surface area contributed by atoms with Crippen LogP contribution in [0, 0.1) is 0 Å². The van der Waals surface area contributed by atoms with Crippen molar-refractivity contribution >= 4 is 5.69 Å². The molecular formula is C17H19NO2. The lowest BCUT2D eigenvalue weighted by molar-refractivity contribution is 0.115. The van der Waals surface area contributed by atoms with Crippen LogP contribution in [-0.2, 0) is 11.2 Å². The van der Waals surface area contributed by atoms with E-state index in [2.05, 4.69) is 6.07 Å². The lowest BCUT2D eigenvalue weighted by Crippen LogP contribution is -2.11. The minimum absolute atomic E-state index is 0.347. The predicted octanol–water partition coefficient (Wildman–Crippen LogP) is 3.00. The molecule has 0 spiro atoms. The summed E-state index contributed by atoms with van der Waals surface area (Å²) >= 11 is 0. The second-order valence-corrected chi connectivity index (χ2v) is 5.07. The van der Waals surface area contributed by atoms with Crippen LogP contribution in [0.2, 0.25) is 0 Å². The molecule has 0 amide bonds. The molecule has 0 fully saturated rings. The molecule has 2 aromatic rings. The molecule has 3 nitrogen and oxygen atoms in total. The Morgan fingerprint density at radius 1 is 1.10 bits per heavy atom. The molecule has 1 aliphatic heterocycles. The largest absolute Gasteiger partial charge is 0.493 e. The Bertz CT molecular complexity index is 583. The molecule has 1 aliphatic rings. The topological polar surface area (TPSA) is 44.5 Å². The Balaban J connectivity index is 1.49. The van der Waals surface area contributed by atoms with Gasteiger partial charge in [-0.25, -0.2) is 0 Å². The molecule has 0 bridgehead atoms. The fourth-order valence-corrected chi connectivity index (χ4v) is 2.54. The standard InChI is InChI=1S/C17H19NO2/c18-16-7-3-1-5-13(16)9-10-19-11-14-12-20-17-8-4-2-6-15(14)17/h1-8,14H,9-12,18H2. The van der Waals surface area contributed by atoms with Gasteiger partial charge in [-0.2, -0.15) is 0 Å². The van der Waals surface area contributed by atoms with Gasteiger partial charge in [0.05, 0.1) is 19.8 Å². The van der Waals surface area contributed by atoms with Crippen LogP contribution in [0.4, 0.5) is 5.69 Å². The van der Waals surface area contributed by atoms with Gasteiger partial charge in [0.15, 0.2) is 0 Å². The summed E-state index contributed by atoms with van der Waals surface area (Å²) in [5.41, 5.74) is 9.16. The maximum atomic E-state index is 5.91. The van der Waals surface area contributed by atoms with E-state index in [0.29, 0.717) is 25.7 Å². The van der Waals surface area contributed by atoms with E-state index in [9.17, 15) is 0 Å². The minimum Gasteiger partial charge on any atom is -0.493 e. The molecule has 1 heterocycles. The van der Waals surface area contributed by atoms with Gasteiger partial charge in [-0.05, 0) is 24.1 Å². The van der Waals surface area contributed by atoms with Gasteiger partial charge in [0, 0.05) is 17.2 Å². The zero-order chi connectivity index (χ0) is 13.8. The summed E-state index contributed by atoms with van der Waals surface area (Å²) < 4.78 is 11.4.